The highest BCUT2D eigenvalue weighted by atomic mass is 16.2. The Hall–Kier alpha value is -1.71. The Morgan fingerprint density at radius 2 is 1.48 bits per heavy atom. The van der Waals surface area contributed by atoms with Gasteiger partial charge >= 0.3 is 6.03 Å². The van der Waals surface area contributed by atoms with Gasteiger partial charge in [-0.05, 0) is 23.1 Å². The van der Waals surface area contributed by atoms with Crippen LogP contribution in [0.2, 0.25) is 0 Å². The largest absolute Gasteiger partial charge is 0.368 e. The first-order chi connectivity index (χ1) is 9.88. The maximum Gasteiger partial charge on any atom is 0.314 e. The quantitative estimate of drug-likeness (QED) is 0.863. The highest BCUT2D eigenvalue weighted by molar-refractivity contribution is 5.72. The molecule has 2 rings (SSSR count). The summed E-state index contributed by atoms with van der Waals surface area (Å²) in [6, 6.07) is 8.40. The lowest BCUT2D eigenvalue weighted by Gasteiger charge is -2.35. The van der Waals surface area contributed by atoms with Crippen LogP contribution in [0, 0.1) is 0 Å². The number of anilines is 1. The van der Waals surface area contributed by atoms with Crippen molar-refractivity contribution in [2.45, 2.75) is 40.0 Å². The van der Waals surface area contributed by atoms with Gasteiger partial charge in [-0.15, -0.1) is 0 Å². The summed E-state index contributed by atoms with van der Waals surface area (Å²) in [7, 11) is 0. The standard InChI is InChI=1S/C15H23N3O.C2H6/c1-15(2,3)12-4-6-13(7-5-12)17-8-10-18(11-9-17)14(16)19;1-2/h4-7H,8-11H2,1-3H3,(H2,16,19);1-2H3. The third kappa shape index (κ3) is 4.66. The predicted molar refractivity (Wildman–Crippen MR) is 89.9 cm³/mol. The van der Waals surface area contributed by atoms with Crippen LogP contribution in [-0.4, -0.2) is 37.1 Å². The van der Waals surface area contributed by atoms with Crippen LogP contribution in [0.1, 0.15) is 40.2 Å². The van der Waals surface area contributed by atoms with Crippen LogP contribution >= 0.6 is 0 Å². The molecule has 0 unspecified atom stereocenters. The number of primary amides is 1. The zero-order valence-electron chi connectivity index (χ0n) is 14.0. The second-order valence-electron chi connectivity index (χ2n) is 6.11. The molecule has 4 nitrogen and oxygen atoms in total. The van der Waals surface area contributed by atoms with Gasteiger partial charge in [0.25, 0.3) is 0 Å². The number of carbonyl (C=O) groups excluding carboxylic acids is 1. The fourth-order valence-electron chi connectivity index (χ4n) is 2.36. The lowest BCUT2D eigenvalue weighted by Crippen LogP contribution is -2.50. The monoisotopic (exact) mass is 291 g/mol. The molecular formula is C17H29N3O. The molecule has 1 fully saturated rings. The average Bonchev–Trinajstić information content (AvgIpc) is 2.49. The van der Waals surface area contributed by atoms with Gasteiger partial charge < -0.3 is 15.5 Å². The number of piperazine rings is 1. The van der Waals surface area contributed by atoms with Gasteiger partial charge in [0.15, 0.2) is 0 Å². The van der Waals surface area contributed by atoms with Crippen molar-refractivity contribution in [1.82, 2.24) is 4.90 Å². The number of hydrogen-bond acceptors (Lipinski definition) is 2. The second kappa shape index (κ2) is 7.34. The van der Waals surface area contributed by atoms with E-state index in [1.54, 1.807) is 4.90 Å². The van der Waals surface area contributed by atoms with Crippen LogP contribution in [0.3, 0.4) is 0 Å². The molecule has 1 aliphatic heterocycles. The van der Waals surface area contributed by atoms with Gasteiger partial charge in [0, 0.05) is 31.9 Å². The number of nitrogens with zero attached hydrogens (tertiary/aromatic N) is 2. The van der Waals surface area contributed by atoms with Gasteiger partial charge in [0.2, 0.25) is 0 Å². The third-order valence-corrected chi connectivity index (χ3v) is 3.69. The lowest BCUT2D eigenvalue weighted by atomic mass is 9.87. The first-order valence-electron chi connectivity index (χ1n) is 7.78. The molecule has 0 aromatic heterocycles. The van der Waals surface area contributed by atoms with Crippen LogP contribution in [-0.2, 0) is 5.41 Å². The molecule has 1 aliphatic rings. The van der Waals surface area contributed by atoms with Crippen LogP contribution in [0.4, 0.5) is 10.5 Å². The van der Waals surface area contributed by atoms with E-state index in [1.165, 1.54) is 11.3 Å². The number of urea groups is 1. The first-order valence-corrected chi connectivity index (χ1v) is 7.78. The van der Waals surface area contributed by atoms with E-state index < -0.39 is 0 Å². The molecule has 2 N–H and O–H groups in total. The fraction of sp³-hybridized carbons (Fsp3) is 0.588. The molecule has 0 radical (unpaired) electrons. The van der Waals surface area contributed by atoms with Crippen LogP contribution in [0.15, 0.2) is 24.3 Å². The molecule has 1 saturated heterocycles. The summed E-state index contributed by atoms with van der Waals surface area (Å²) in [4.78, 5) is 15.1. The van der Waals surface area contributed by atoms with Crippen molar-refractivity contribution in [3.8, 4) is 0 Å². The third-order valence-electron chi connectivity index (χ3n) is 3.69. The van der Waals surface area contributed by atoms with E-state index in [0.29, 0.717) is 13.1 Å². The van der Waals surface area contributed by atoms with Crippen molar-refractivity contribution in [2.24, 2.45) is 5.73 Å². The molecule has 0 spiro atoms. The van der Waals surface area contributed by atoms with Gasteiger partial charge in [0.05, 0.1) is 0 Å². The van der Waals surface area contributed by atoms with Gasteiger partial charge in [-0.3, -0.25) is 0 Å². The van der Waals surface area contributed by atoms with Crippen molar-refractivity contribution in [3.05, 3.63) is 29.8 Å². The van der Waals surface area contributed by atoms with E-state index in [0.717, 1.165) is 13.1 Å². The number of nitrogens with two attached hydrogens (primary N) is 1. The summed E-state index contributed by atoms with van der Waals surface area (Å²) in [6.07, 6.45) is 0. The van der Waals surface area contributed by atoms with E-state index in [-0.39, 0.29) is 11.4 Å². The summed E-state index contributed by atoms with van der Waals surface area (Å²) in [6.45, 7) is 13.7. The van der Waals surface area contributed by atoms with E-state index in [2.05, 4.69) is 49.9 Å². The van der Waals surface area contributed by atoms with Crippen LogP contribution in [0.25, 0.3) is 0 Å². The Morgan fingerprint density at radius 1 is 1.00 bits per heavy atom. The number of amides is 2. The van der Waals surface area contributed by atoms with E-state index in [1.807, 2.05) is 13.8 Å². The summed E-state index contributed by atoms with van der Waals surface area (Å²) >= 11 is 0. The van der Waals surface area contributed by atoms with Crippen molar-refractivity contribution in [2.75, 3.05) is 31.1 Å². The summed E-state index contributed by atoms with van der Waals surface area (Å²) in [5.41, 5.74) is 8.03. The zero-order chi connectivity index (χ0) is 16.0. The van der Waals surface area contributed by atoms with Gasteiger partial charge in [-0.1, -0.05) is 46.8 Å². The van der Waals surface area contributed by atoms with Crippen molar-refractivity contribution in [3.63, 3.8) is 0 Å². The van der Waals surface area contributed by atoms with E-state index in [4.69, 9.17) is 5.73 Å². The Kier molecular flexibility index (Phi) is 6.06. The minimum atomic E-state index is -0.317. The molecule has 0 aliphatic carbocycles. The topological polar surface area (TPSA) is 49.6 Å². The number of benzene rings is 1. The summed E-state index contributed by atoms with van der Waals surface area (Å²) in [5.74, 6) is 0. The minimum Gasteiger partial charge on any atom is -0.368 e. The number of rotatable bonds is 1. The Balaban J connectivity index is 0.00000106. The normalized spacial score (nSPS) is 15.3. The van der Waals surface area contributed by atoms with Crippen molar-refractivity contribution in [1.29, 1.82) is 0 Å². The maximum absolute atomic E-state index is 11.1. The Morgan fingerprint density at radius 3 is 1.86 bits per heavy atom. The van der Waals surface area contributed by atoms with Gasteiger partial charge in [-0.2, -0.15) is 0 Å². The SMILES string of the molecule is CC.CC(C)(C)c1ccc(N2CCN(C(N)=O)CC2)cc1. The molecule has 1 aromatic rings. The summed E-state index contributed by atoms with van der Waals surface area (Å²) < 4.78 is 0. The molecule has 2 amide bonds. The molecule has 1 heterocycles. The van der Waals surface area contributed by atoms with Crippen LogP contribution in [0.5, 0.6) is 0 Å². The minimum absolute atomic E-state index is 0.184. The fourth-order valence-corrected chi connectivity index (χ4v) is 2.36. The molecule has 0 bridgehead atoms. The average molecular weight is 291 g/mol. The van der Waals surface area contributed by atoms with Gasteiger partial charge in [0.1, 0.15) is 0 Å². The first kappa shape index (κ1) is 17.3. The second-order valence-corrected chi connectivity index (χ2v) is 6.11. The molecule has 0 atom stereocenters. The maximum atomic E-state index is 11.1. The highest BCUT2D eigenvalue weighted by Gasteiger charge is 2.20. The number of carbonyl (C=O) groups is 1. The molecule has 4 heteroatoms. The highest BCUT2D eigenvalue weighted by Crippen LogP contribution is 2.25. The molecule has 118 valence electrons. The molecule has 0 saturated carbocycles. The lowest BCUT2D eigenvalue weighted by molar-refractivity contribution is 0.204. The zero-order valence-corrected chi connectivity index (χ0v) is 14.0. The predicted octanol–water partition coefficient (Wildman–Crippen LogP) is 3.21. The smallest absolute Gasteiger partial charge is 0.314 e. The molecule has 1 aromatic carbocycles. The Bertz CT molecular complexity index is 440. The molecular weight excluding hydrogens is 262 g/mol. The summed E-state index contributed by atoms with van der Waals surface area (Å²) in [5, 5.41) is 0. The Labute approximate surface area is 128 Å². The van der Waals surface area contributed by atoms with Crippen molar-refractivity contribution >= 4 is 11.7 Å². The number of hydrogen-bond donors (Lipinski definition) is 1. The molecule has 21 heavy (non-hydrogen) atoms. The van der Waals surface area contributed by atoms with E-state index in [9.17, 15) is 4.79 Å². The van der Waals surface area contributed by atoms with Crippen molar-refractivity contribution < 1.29 is 4.79 Å². The van der Waals surface area contributed by atoms with Crippen LogP contribution < -0.4 is 10.6 Å². The van der Waals surface area contributed by atoms with E-state index >= 15 is 0 Å². The van der Waals surface area contributed by atoms with Gasteiger partial charge in [-0.25, -0.2) is 4.79 Å².